The first kappa shape index (κ1) is 23.7. The van der Waals surface area contributed by atoms with E-state index >= 15 is 0 Å². The van der Waals surface area contributed by atoms with Crippen molar-refractivity contribution >= 4 is 47.1 Å². The normalized spacial score (nSPS) is 13.7. The van der Waals surface area contributed by atoms with Crippen LogP contribution in [0.25, 0.3) is 6.08 Å². The number of amides is 1. The third kappa shape index (κ3) is 5.56. The first-order valence-corrected chi connectivity index (χ1v) is 10.8. The largest absolute Gasteiger partial charge is 0.493 e. The van der Waals surface area contributed by atoms with Crippen molar-refractivity contribution < 1.29 is 28.6 Å². The minimum Gasteiger partial charge on any atom is -0.493 e. The zero-order valence-corrected chi connectivity index (χ0v) is 19.5. The van der Waals surface area contributed by atoms with Gasteiger partial charge < -0.3 is 19.5 Å². The number of cyclic esters (lactones) is 1. The van der Waals surface area contributed by atoms with E-state index in [2.05, 4.69) is 10.3 Å². The van der Waals surface area contributed by atoms with E-state index < -0.39 is 11.9 Å². The molecule has 1 aliphatic rings. The third-order valence-electron chi connectivity index (χ3n) is 4.86. The van der Waals surface area contributed by atoms with E-state index in [4.69, 9.17) is 25.8 Å². The van der Waals surface area contributed by atoms with Crippen molar-refractivity contribution in [3.05, 3.63) is 94.1 Å². The molecule has 1 N–H and O–H groups in total. The number of ether oxygens (including phenoxy) is 3. The Balaban J connectivity index is 1.54. The first-order valence-electron chi connectivity index (χ1n) is 10.4. The van der Waals surface area contributed by atoms with Crippen molar-refractivity contribution in [2.75, 3.05) is 12.4 Å². The van der Waals surface area contributed by atoms with E-state index in [1.165, 1.54) is 20.1 Å². The highest BCUT2D eigenvalue weighted by atomic mass is 35.5. The molecule has 3 aromatic rings. The summed E-state index contributed by atoms with van der Waals surface area (Å²) in [6, 6.07) is 18.1. The van der Waals surface area contributed by atoms with Crippen LogP contribution in [0.5, 0.6) is 11.5 Å². The lowest BCUT2D eigenvalue weighted by Gasteiger charge is -2.10. The molecule has 4 rings (SSSR count). The molecule has 1 aliphatic heterocycles. The molecule has 35 heavy (non-hydrogen) atoms. The van der Waals surface area contributed by atoms with Gasteiger partial charge in [0.25, 0.3) is 0 Å². The Morgan fingerprint density at radius 2 is 1.77 bits per heavy atom. The number of aliphatic imine (C=N–C) groups is 1. The molecule has 1 heterocycles. The van der Waals surface area contributed by atoms with Crippen LogP contribution in [0.4, 0.5) is 5.69 Å². The zero-order valence-electron chi connectivity index (χ0n) is 18.7. The zero-order chi connectivity index (χ0) is 24.9. The molecule has 0 unspecified atom stereocenters. The van der Waals surface area contributed by atoms with E-state index in [-0.39, 0.29) is 39.6 Å². The van der Waals surface area contributed by atoms with Gasteiger partial charge in [-0.1, -0.05) is 29.8 Å². The molecule has 176 valence electrons. The topological polar surface area (TPSA) is 103 Å². The number of methoxy groups -OCH3 is 1. The average Bonchev–Trinajstić information content (AvgIpc) is 3.20. The van der Waals surface area contributed by atoms with E-state index in [1.54, 1.807) is 66.7 Å². The Hall–Kier alpha value is -4.43. The molecule has 3 aromatic carbocycles. The van der Waals surface area contributed by atoms with E-state index in [9.17, 15) is 14.4 Å². The molecule has 8 nitrogen and oxygen atoms in total. The SMILES string of the molecule is COc1cc(/C=C2\N=C(c3ccc(NC(C)=O)cc3)OC2=O)ccc1OC(=O)c1ccccc1Cl. The highest BCUT2D eigenvalue weighted by Gasteiger charge is 2.24. The highest BCUT2D eigenvalue weighted by Crippen LogP contribution is 2.31. The maximum absolute atomic E-state index is 12.5. The number of hydrogen-bond donors (Lipinski definition) is 1. The van der Waals surface area contributed by atoms with Gasteiger partial charge in [0, 0.05) is 18.2 Å². The fourth-order valence-electron chi connectivity index (χ4n) is 3.23. The summed E-state index contributed by atoms with van der Waals surface area (Å²) in [7, 11) is 1.43. The van der Waals surface area contributed by atoms with Crippen LogP contribution < -0.4 is 14.8 Å². The Morgan fingerprint density at radius 3 is 2.46 bits per heavy atom. The standard InChI is InChI=1S/C26H19ClN2O6/c1-15(30)28-18-10-8-17(9-11-18)24-29-21(26(32)35-24)13-16-7-12-22(23(14-16)33-2)34-25(31)19-5-3-4-6-20(19)27/h3-14H,1-2H3,(H,28,30)/b21-13-. The van der Waals surface area contributed by atoms with Gasteiger partial charge in [0.1, 0.15) is 0 Å². The number of benzene rings is 3. The number of rotatable bonds is 6. The monoisotopic (exact) mass is 490 g/mol. The number of esters is 2. The van der Waals surface area contributed by atoms with Crippen molar-refractivity contribution in [3.63, 3.8) is 0 Å². The van der Waals surface area contributed by atoms with Gasteiger partial charge in [0.15, 0.2) is 17.2 Å². The Morgan fingerprint density at radius 1 is 1.03 bits per heavy atom. The summed E-state index contributed by atoms with van der Waals surface area (Å²) in [6.07, 6.45) is 1.53. The van der Waals surface area contributed by atoms with E-state index in [0.29, 0.717) is 16.8 Å². The van der Waals surface area contributed by atoms with Crippen LogP contribution in [0, 0.1) is 0 Å². The number of anilines is 1. The number of nitrogens with zero attached hydrogens (tertiary/aromatic N) is 1. The first-order chi connectivity index (χ1) is 16.8. The van der Waals surface area contributed by atoms with Crippen molar-refractivity contribution in [3.8, 4) is 11.5 Å². The van der Waals surface area contributed by atoms with Gasteiger partial charge in [-0.15, -0.1) is 0 Å². The van der Waals surface area contributed by atoms with Crippen LogP contribution in [0.15, 0.2) is 77.4 Å². The second-order valence-corrected chi connectivity index (χ2v) is 7.78. The lowest BCUT2D eigenvalue weighted by molar-refractivity contribution is -0.129. The van der Waals surface area contributed by atoms with Crippen LogP contribution in [-0.4, -0.2) is 30.9 Å². The maximum Gasteiger partial charge on any atom is 0.363 e. The van der Waals surface area contributed by atoms with Crippen molar-refractivity contribution in [2.45, 2.75) is 6.92 Å². The number of carbonyl (C=O) groups is 3. The van der Waals surface area contributed by atoms with Crippen LogP contribution in [-0.2, 0) is 14.3 Å². The fourth-order valence-corrected chi connectivity index (χ4v) is 3.44. The molecule has 0 saturated carbocycles. The quantitative estimate of drug-likeness (QED) is 0.300. The third-order valence-corrected chi connectivity index (χ3v) is 5.19. The summed E-state index contributed by atoms with van der Waals surface area (Å²) in [5.41, 5.74) is 2.09. The van der Waals surface area contributed by atoms with Gasteiger partial charge in [0.05, 0.1) is 17.7 Å². The molecule has 0 bridgehead atoms. The van der Waals surface area contributed by atoms with Gasteiger partial charge in [-0.2, -0.15) is 0 Å². The lowest BCUT2D eigenvalue weighted by Crippen LogP contribution is -2.09. The van der Waals surface area contributed by atoms with Crippen molar-refractivity contribution in [2.24, 2.45) is 4.99 Å². The van der Waals surface area contributed by atoms with Crippen LogP contribution >= 0.6 is 11.6 Å². The molecule has 0 saturated heterocycles. The van der Waals surface area contributed by atoms with E-state index in [0.717, 1.165) is 0 Å². The summed E-state index contributed by atoms with van der Waals surface area (Å²) in [4.78, 5) is 40.3. The van der Waals surface area contributed by atoms with Crippen LogP contribution in [0.3, 0.4) is 0 Å². The molecular formula is C26H19ClN2O6. The molecular weight excluding hydrogens is 472 g/mol. The predicted molar refractivity (Wildman–Crippen MR) is 131 cm³/mol. The predicted octanol–water partition coefficient (Wildman–Crippen LogP) is 4.87. The smallest absolute Gasteiger partial charge is 0.363 e. The molecule has 1 amide bonds. The number of carbonyl (C=O) groups excluding carboxylic acids is 3. The molecule has 0 aliphatic carbocycles. The molecule has 0 fully saturated rings. The molecule has 0 radical (unpaired) electrons. The summed E-state index contributed by atoms with van der Waals surface area (Å²) in [5.74, 6) is -0.807. The summed E-state index contributed by atoms with van der Waals surface area (Å²) < 4.78 is 16.1. The molecule has 0 aromatic heterocycles. The molecule has 0 spiro atoms. The fraction of sp³-hybridized carbons (Fsp3) is 0.0769. The Bertz CT molecular complexity index is 1380. The molecule has 0 atom stereocenters. The average molecular weight is 491 g/mol. The van der Waals surface area contributed by atoms with Crippen LogP contribution in [0.1, 0.15) is 28.4 Å². The van der Waals surface area contributed by atoms with Crippen molar-refractivity contribution in [1.29, 1.82) is 0 Å². The second kappa shape index (κ2) is 10.2. The van der Waals surface area contributed by atoms with E-state index in [1.807, 2.05) is 0 Å². The number of halogens is 1. The van der Waals surface area contributed by atoms with Gasteiger partial charge >= 0.3 is 11.9 Å². The van der Waals surface area contributed by atoms with Gasteiger partial charge in [-0.25, -0.2) is 14.6 Å². The minimum atomic E-state index is -0.627. The summed E-state index contributed by atoms with van der Waals surface area (Å²) in [6.45, 7) is 1.41. The Labute approximate surface area is 205 Å². The lowest BCUT2D eigenvalue weighted by atomic mass is 10.1. The second-order valence-electron chi connectivity index (χ2n) is 7.37. The number of hydrogen-bond acceptors (Lipinski definition) is 7. The van der Waals surface area contributed by atoms with Crippen LogP contribution in [0.2, 0.25) is 5.02 Å². The minimum absolute atomic E-state index is 0.0915. The van der Waals surface area contributed by atoms with Gasteiger partial charge in [-0.05, 0) is 60.2 Å². The number of nitrogens with one attached hydrogen (secondary N) is 1. The highest BCUT2D eigenvalue weighted by molar-refractivity contribution is 6.33. The maximum atomic E-state index is 12.5. The summed E-state index contributed by atoms with van der Waals surface area (Å²) in [5, 5.41) is 2.94. The van der Waals surface area contributed by atoms with Crippen molar-refractivity contribution in [1.82, 2.24) is 0 Å². The van der Waals surface area contributed by atoms with Gasteiger partial charge in [0.2, 0.25) is 11.8 Å². The summed E-state index contributed by atoms with van der Waals surface area (Å²) >= 11 is 6.06. The van der Waals surface area contributed by atoms with Gasteiger partial charge in [-0.3, -0.25) is 4.79 Å². The molecule has 9 heteroatoms. The Kier molecular flexibility index (Phi) is 6.93.